The van der Waals surface area contributed by atoms with Crippen LogP contribution in [0.1, 0.15) is 66.4 Å². The molecule has 0 unspecified atom stereocenters. The van der Waals surface area contributed by atoms with Crippen molar-refractivity contribution < 1.29 is 13.2 Å². The highest BCUT2D eigenvalue weighted by atomic mass is 32.2. The van der Waals surface area contributed by atoms with Crippen LogP contribution in [-0.2, 0) is 16.6 Å². The molecule has 4 N–H and O–H groups in total. The van der Waals surface area contributed by atoms with Crippen LogP contribution < -0.4 is 11.1 Å². The Labute approximate surface area is 207 Å². The fourth-order valence-electron chi connectivity index (χ4n) is 5.27. The normalized spacial score (nSPS) is 18.1. The van der Waals surface area contributed by atoms with Crippen LogP contribution in [0.5, 0.6) is 0 Å². The molecule has 1 aliphatic carbocycles. The summed E-state index contributed by atoms with van der Waals surface area (Å²) in [4.78, 5) is 15.6. The number of hydrogen-bond donors (Lipinski definition) is 3. The fourth-order valence-corrected chi connectivity index (χ4v) is 6.40. The SMILES string of the molecule is CCS(=O)(=O)N1CCC(c2c[nH]c3c(C(N)=O)cc(-c4ccc(CNC5CCC5)cc4)cc23)CC1. The molecular formula is C27H34N4O3S. The van der Waals surface area contributed by atoms with Crippen LogP contribution in [0.3, 0.4) is 0 Å². The zero-order valence-electron chi connectivity index (χ0n) is 20.2. The van der Waals surface area contributed by atoms with Crippen molar-refractivity contribution in [3.8, 4) is 11.1 Å². The Bertz CT molecular complexity index is 1320. The molecule has 1 aromatic heterocycles. The molecule has 0 spiro atoms. The monoisotopic (exact) mass is 494 g/mol. The maximum absolute atomic E-state index is 12.3. The van der Waals surface area contributed by atoms with Crippen molar-refractivity contribution in [2.45, 2.75) is 57.5 Å². The predicted octanol–water partition coefficient (Wildman–Crippen LogP) is 4.11. The van der Waals surface area contributed by atoms with E-state index in [4.69, 9.17) is 5.73 Å². The Kier molecular flexibility index (Phi) is 6.70. The number of carbonyl (C=O) groups is 1. The summed E-state index contributed by atoms with van der Waals surface area (Å²) in [6.45, 7) is 3.59. The number of fused-ring (bicyclic) bond motifs is 1. The highest BCUT2D eigenvalue weighted by Gasteiger charge is 2.29. The lowest BCUT2D eigenvalue weighted by Gasteiger charge is -2.31. The number of aromatic amines is 1. The first-order valence-corrected chi connectivity index (χ1v) is 14.2. The summed E-state index contributed by atoms with van der Waals surface area (Å²) in [5, 5.41) is 4.58. The summed E-state index contributed by atoms with van der Waals surface area (Å²) in [6.07, 6.45) is 7.32. The molecule has 5 rings (SSSR count). The molecule has 7 nitrogen and oxygen atoms in total. The molecule has 1 saturated heterocycles. The van der Waals surface area contributed by atoms with Gasteiger partial charge in [-0.25, -0.2) is 12.7 Å². The molecule has 2 fully saturated rings. The van der Waals surface area contributed by atoms with Gasteiger partial charge in [0.15, 0.2) is 0 Å². The maximum Gasteiger partial charge on any atom is 0.250 e. The maximum atomic E-state index is 12.3. The van der Waals surface area contributed by atoms with E-state index in [2.05, 4.69) is 40.6 Å². The first kappa shape index (κ1) is 24.0. The minimum Gasteiger partial charge on any atom is -0.366 e. The van der Waals surface area contributed by atoms with Gasteiger partial charge in [-0.2, -0.15) is 0 Å². The molecule has 0 atom stereocenters. The van der Waals surface area contributed by atoms with E-state index in [0.717, 1.165) is 47.0 Å². The number of benzene rings is 2. The molecule has 8 heteroatoms. The average molecular weight is 495 g/mol. The third-order valence-electron chi connectivity index (χ3n) is 7.73. The third-order valence-corrected chi connectivity index (χ3v) is 9.61. The van der Waals surface area contributed by atoms with Crippen LogP contribution in [0, 0.1) is 0 Å². The zero-order chi connectivity index (χ0) is 24.6. The molecule has 0 bridgehead atoms. The fraction of sp³-hybridized carbons (Fsp3) is 0.444. The Morgan fingerprint density at radius 2 is 1.80 bits per heavy atom. The lowest BCUT2D eigenvalue weighted by Crippen LogP contribution is -2.38. The molecule has 2 heterocycles. The summed E-state index contributed by atoms with van der Waals surface area (Å²) in [6, 6.07) is 13.1. The molecule has 186 valence electrons. The van der Waals surface area contributed by atoms with Crippen LogP contribution in [-0.4, -0.2) is 48.5 Å². The predicted molar refractivity (Wildman–Crippen MR) is 140 cm³/mol. The average Bonchev–Trinajstić information content (AvgIpc) is 3.27. The van der Waals surface area contributed by atoms with Gasteiger partial charge in [0.1, 0.15) is 0 Å². The van der Waals surface area contributed by atoms with Gasteiger partial charge in [-0.1, -0.05) is 30.7 Å². The number of aromatic nitrogens is 1. The van der Waals surface area contributed by atoms with Gasteiger partial charge in [0.05, 0.1) is 16.8 Å². The zero-order valence-corrected chi connectivity index (χ0v) is 21.0. The molecule has 2 aromatic carbocycles. The van der Waals surface area contributed by atoms with E-state index >= 15 is 0 Å². The van der Waals surface area contributed by atoms with Gasteiger partial charge < -0.3 is 16.0 Å². The standard InChI is InChI=1S/C27H34N4O3S/c1-2-35(33,34)31-12-10-20(11-13-31)25-17-30-26-23(25)14-21(15-24(26)27(28)32)19-8-6-18(7-9-19)16-29-22-4-3-5-22/h6-9,14-15,17,20,22,29-30H,2-5,10-13,16H2,1H3,(H2,28,32). The van der Waals surface area contributed by atoms with Gasteiger partial charge >= 0.3 is 0 Å². The number of nitrogens with zero attached hydrogens (tertiary/aromatic N) is 1. The second-order valence-corrected chi connectivity index (χ2v) is 12.1. The van der Waals surface area contributed by atoms with Gasteiger partial charge in [-0.3, -0.25) is 4.79 Å². The Morgan fingerprint density at radius 1 is 1.09 bits per heavy atom. The Hall–Kier alpha value is -2.68. The number of hydrogen-bond acceptors (Lipinski definition) is 4. The second kappa shape index (κ2) is 9.76. The van der Waals surface area contributed by atoms with Crippen molar-refractivity contribution in [2.75, 3.05) is 18.8 Å². The second-order valence-electron chi connectivity index (χ2n) is 9.83. The van der Waals surface area contributed by atoms with E-state index in [9.17, 15) is 13.2 Å². The van der Waals surface area contributed by atoms with Gasteiger partial charge in [-0.15, -0.1) is 0 Å². The van der Waals surface area contributed by atoms with Crippen LogP contribution >= 0.6 is 0 Å². The molecule has 1 aliphatic heterocycles. The number of carbonyl (C=O) groups excluding carboxylic acids is 1. The minimum absolute atomic E-state index is 0.130. The number of rotatable bonds is 8. The number of amides is 1. The first-order valence-electron chi connectivity index (χ1n) is 12.6. The third kappa shape index (κ3) is 4.87. The van der Waals surface area contributed by atoms with Gasteiger partial charge in [0.25, 0.3) is 5.91 Å². The van der Waals surface area contributed by atoms with Crippen LogP contribution in [0.4, 0.5) is 0 Å². The first-order chi connectivity index (χ1) is 16.9. The largest absolute Gasteiger partial charge is 0.366 e. The van der Waals surface area contributed by atoms with Crippen molar-refractivity contribution in [2.24, 2.45) is 5.73 Å². The van der Waals surface area contributed by atoms with Crippen molar-refractivity contribution in [1.29, 1.82) is 0 Å². The molecule has 1 saturated carbocycles. The van der Waals surface area contributed by atoms with E-state index < -0.39 is 15.9 Å². The topological polar surface area (TPSA) is 108 Å². The minimum atomic E-state index is -3.17. The van der Waals surface area contributed by atoms with Crippen LogP contribution in [0.25, 0.3) is 22.0 Å². The summed E-state index contributed by atoms with van der Waals surface area (Å²) >= 11 is 0. The molecule has 1 amide bonds. The van der Waals surface area contributed by atoms with Gasteiger partial charge in [-0.05, 0) is 72.9 Å². The van der Waals surface area contributed by atoms with E-state index in [0.29, 0.717) is 24.7 Å². The number of nitrogens with one attached hydrogen (secondary N) is 2. The number of piperidine rings is 1. The van der Waals surface area contributed by atoms with Crippen molar-refractivity contribution in [1.82, 2.24) is 14.6 Å². The van der Waals surface area contributed by atoms with Crippen LogP contribution in [0.15, 0.2) is 42.6 Å². The molecule has 2 aliphatic rings. The van der Waals surface area contributed by atoms with Gasteiger partial charge in [0, 0.05) is 37.3 Å². The van der Waals surface area contributed by atoms with E-state index in [1.54, 1.807) is 11.2 Å². The van der Waals surface area contributed by atoms with E-state index in [1.807, 2.05) is 12.3 Å². The highest BCUT2D eigenvalue weighted by molar-refractivity contribution is 7.89. The number of sulfonamides is 1. The Balaban J connectivity index is 1.42. The summed E-state index contributed by atoms with van der Waals surface area (Å²) in [7, 11) is -3.17. The smallest absolute Gasteiger partial charge is 0.250 e. The lowest BCUT2D eigenvalue weighted by molar-refractivity contribution is 0.100. The molecule has 35 heavy (non-hydrogen) atoms. The summed E-state index contributed by atoms with van der Waals surface area (Å²) in [5.74, 6) is -0.107. The summed E-state index contributed by atoms with van der Waals surface area (Å²) in [5.41, 5.74) is 11.4. The van der Waals surface area contributed by atoms with Crippen molar-refractivity contribution >= 4 is 26.8 Å². The summed E-state index contributed by atoms with van der Waals surface area (Å²) < 4.78 is 26.1. The van der Waals surface area contributed by atoms with Crippen molar-refractivity contribution in [3.63, 3.8) is 0 Å². The van der Waals surface area contributed by atoms with Crippen molar-refractivity contribution in [3.05, 3.63) is 59.3 Å². The van der Waals surface area contributed by atoms with E-state index in [-0.39, 0.29) is 11.7 Å². The van der Waals surface area contributed by atoms with E-state index in [1.165, 1.54) is 24.8 Å². The number of nitrogens with two attached hydrogens (primary N) is 1. The Morgan fingerprint density at radius 3 is 2.40 bits per heavy atom. The highest BCUT2D eigenvalue weighted by Crippen LogP contribution is 2.37. The molecule has 3 aromatic rings. The molecule has 0 radical (unpaired) electrons. The molecular weight excluding hydrogens is 460 g/mol. The van der Waals surface area contributed by atoms with Crippen LogP contribution in [0.2, 0.25) is 0 Å². The lowest BCUT2D eigenvalue weighted by atomic mass is 9.88. The van der Waals surface area contributed by atoms with Gasteiger partial charge in [0.2, 0.25) is 10.0 Å². The number of H-pyrrole nitrogens is 1. The number of primary amides is 1. The quantitative estimate of drug-likeness (QED) is 0.438.